The van der Waals surface area contributed by atoms with E-state index in [2.05, 4.69) is 11.4 Å². The molecular formula is C16H21NO3. The van der Waals surface area contributed by atoms with Crippen LogP contribution in [0.25, 0.3) is 0 Å². The second-order valence-electron chi connectivity index (χ2n) is 5.04. The molecule has 1 unspecified atom stereocenters. The van der Waals surface area contributed by atoms with Crippen molar-refractivity contribution in [2.45, 2.75) is 31.6 Å². The third kappa shape index (κ3) is 3.76. The molecule has 1 aromatic carbocycles. The standard InChI is InChI=1S/C16H21NO3/c1-20-14-9-7-13(8-10-14)15(11-17-16(18)19)12-5-3-2-4-6-12/h5,7-10,15,17H,2-4,6,11H2,1H3,(H,18,19). The second-order valence-corrected chi connectivity index (χ2v) is 5.04. The highest BCUT2D eigenvalue weighted by atomic mass is 16.5. The number of hydrogen-bond donors (Lipinski definition) is 2. The Hall–Kier alpha value is -1.97. The molecule has 4 heteroatoms. The zero-order valence-electron chi connectivity index (χ0n) is 11.8. The van der Waals surface area contributed by atoms with Crippen LogP contribution < -0.4 is 10.1 Å². The van der Waals surface area contributed by atoms with Crippen LogP contribution in [0.2, 0.25) is 0 Å². The largest absolute Gasteiger partial charge is 0.497 e. The summed E-state index contributed by atoms with van der Waals surface area (Å²) in [5, 5.41) is 11.4. The van der Waals surface area contributed by atoms with Crippen LogP contribution in [-0.4, -0.2) is 24.9 Å². The van der Waals surface area contributed by atoms with Gasteiger partial charge in [-0.2, -0.15) is 0 Å². The Labute approximate surface area is 119 Å². The van der Waals surface area contributed by atoms with Gasteiger partial charge in [-0.1, -0.05) is 23.8 Å². The Morgan fingerprint density at radius 1 is 1.35 bits per heavy atom. The highest BCUT2D eigenvalue weighted by Crippen LogP contribution is 2.32. The summed E-state index contributed by atoms with van der Waals surface area (Å²) >= 11 is 0. The molecule has 0 spiro atoms. The van der Waals surface area contributed by atoms with Gasteiger partial charge >= 0.3 is 6.09 Å². The molecule has 2 N–H and O–H groups in total. The normalized spacial score (nSPS) is 16.1. The van der Waals surface area contributed by atoms with Crippen molar-refractivity contribution >= 4 is 6.09 Å². The summed E-state index contributed by atoms with van der Waals surface area (Å²) in [6.07, 6.45) is 5.85. The maximum absolute atomic E-state index is 10.8. The molecule has 0 aliphatic heterocycles. The number of methoxy groups -OCH3 is 1. The first-order valence-corrected chi connectivity index (χ1v) is 7.00. The summed E-state index contributed by atoms with van der Waals surface area (Å²) in [7, 11) is 1.64. The van der Waals surface area contributed by atoms with E-state index in [-0.39, 0.29) is 5.92 Å². The van der Waals surface area contributed by atoms with Crippen molar-refractivity contribution in [3.63, 3.8) is 0 Å². The Morgan fingerprint density at radius 3 is 2.65 bits per heavy atom. The monoisotopic (exact) mass is 275 g/mol. The van der Waals surface area contributed by atoms with E-state index in [1.807, 2.05) is 24.3 Å². The Bertz CT molecular complexity index is 479. The number of amides is 1. The van der Waals surface area contributed by atoms with Gasteiger partial charge in [-0.25, -0.2) is 4.79 Å². The molecule has 0 saturated heterocycles. The van der Waals surface area contributed by atoms with Crippen molar-refractivity contribution in [3.8, 4) is 5.75 Å². The van der Waals surface area contributed by atoms with E-state index in [0.717, 1.165) is 24.2 Å². The summed E-state index contributed by atoms with van der Waals surface area (Å²) in [5.41, 5.74) is 2.47. The minimum atomic E-state index is -0.972. The predicted molar refractivity (Wildman–Crippen MR) is 78.3 cm³/mol. The maximum atomic E-state index is 10.8. The fourth-order valence-electron chi connectivity index (χ4n) is 2.67. The van der Waals surface area contributed by atoms with Crippen LogP contribution in [0.5, 0.6) is 5.75 Å². The lowest BCUT2D eigenvalue weighted by Gasteiger charge is -2.24. The third-order valence-corrected chi connectivity index (χ3v) is 3.75. The fourth-order valence-corrected chi connectivity index (χ4v) is 2.67. The van der Waals surface area contributed by atoms with E-state index in [9.17, 15) is 4.79 Å². The van der Waals surface area contributed by atoms with Crippen molar-refractivity contribution in [3.05, 3.63) is 41.5 Å². The van der Waals surface area contributed by atoms with Gasteiger partial charge in [-0.05, 0) is 43.4 Å². The molecular weight excluding hydrogens is 254 g/mol. The molecule has 0 radical (unpaired) electrons. The van der Waals surface area contributed by atoms with Crippen LogP contribution in [0.15, 0.2) is 35.9 Å². The predicted octanol–water partition coefficient (Wildman–Crippen LogP) is 3.55. The highest BCUT2D eigenvalue weighted by Gasteiger charge is 2.19. The molecule has 1 aromatic rings. The van der Waals surface area contributed by atoms with Crippen LogP contribution in [0.4, 0.5) is 4.79 Å². The maximum Gasteiger partial charge on any atom is 0.404 e. The number of carbonyl (C=O) groups is 1. The fraction of sp³-hybridized carbons (Fsp3) is 0.438. The van der Waals surface area contributed by atoms with Crippen molar-refractivity contribution in [1.29, 1.82) is 0 Å². The SMILES string of the molecule is COc1ccc(C(CNC(=O)O)C2=CCCCC2)cc1. The summed E-state index contributed by atoms with van der Waals surface area (Å²) in [6.45, 7) is 0.424. The minimum absolute atomic E-state index is 0.123. The second kappa shape index (κ2) is 6.98. The summed E-state index contributed by atoms with van der Waals surface area (Å²) in [5.74, 6) is 0.939. The molecule has 0 bridgehead atoms. The van der Waals surface area contributed by atoms with E-state index in [1.54, 1.807) is 7.11 Å². The Balaban J connectivity index is 2.19. The average Bonchev–Trinajstić information content (AvgIpc) is 2.49. The molecule has 1 aliphatic rings. The van der Waals surface area contributed by atoms with Gasteiger partial charge in [0, 0.05) is 12.5 Å². The molecule has 0 heterocycles. The quantitative estimate of drug-likeness (QED) is 0.808. The molecule has 2 rings (SSSR count). The number of hydrogen-bond acceptors (Lipinski definition) is 2. The molecule has 1 atom stereocenters. The lowest BCUT2D eigenvalue weighted by Crippen LogP contribution is -2.28. The van der Waals surface area contributed by atoms with Crippen molar-refractivity contribution < 1.29 is 14.6 Å². The van der Waals surface area contributed by atoms with E-state index in [4.69, 9.17) is 9.84 Å². The topological polar surface area (TPSA) is 58.6 Å². The number of nitrogens with one attached hydrogen (secondary N) is 1. The number of benzene rings is 1. The van der Waals surface area contributed by atoms with Gasteiger partial charge in [0.1, 0.15) is 5.75 Å². The van der Waals surface area contributed by atoms with Crippen LogP contribution in [0.1, 0.15) is 37.2 Å². The van der Waals surface area contributed by atoms with Crippen LogP contribution in [-0.2, 0) is 0 Å². The lowest BCUT2D eigenvalue weighted by molar-refractivity contribution is 0.194. The molecule has 1 amide bonds. The molecule has 0 aromatic heterocycles. The molecule has 0 saturated carbocycles. The van der Waals surface area contributed by atoms with Crippen molar-refractivity contribution in [2.24, 2.45) is 0 Å². The number of carboxylic acid groups (broad SMARTS) is 1. The summed E-state index contributed by atoms with van der Waals surface area (Å²) in [6, 6.07) is 7.88. The molecule has 4 nitrogen and oxygen atoms in total. The van der Waals surface area contributed by atoms with E-state index in [0.29, 0.717) is 6.54 Å². The number of allylic oxidation sites excluding steroid dienone is 1. The molecule has 0 fully saturated rings. The first kappa shape index (κ1) is 14.4. The van der Waals surface area contributed by atoms with Crippen molar-refractivity contribution in [1.82, 2.24) is 5.32 Å². The summed E-state index contributed by atoms with van der Waals surface area (Å²) in [4.78, 5) is 10.8. The van der Waals surface area contributed by atoms with Crippen LogP contribution >= 0.6 is 0 Å². The minimum Gasteiger partial charge on any atom is -0.497 e. The van der Waals surface area contributed by atoms with Crippen LogP contribution in [0.3, 0.4) is 0 Å². The van der Waals surface area contributed by atoms with Crippen LogP contribution in [0, 0.1) is 0 Å². The first-order chi connectivity index (χ1) is 9.70. The zero-order chi connectivity index (χ0) is 14.4. The molecule has 20 heavy (non-hydrogen) atoms. The van der Waals surface area contributed by atoms with Gasteiger partial charge in [-0.15, -0.1) is 0 Å². The third-order valence-electron chi connectivity index (χ3n) is 3.75. The Kier molecular flexibility index (Phi) is 5.04. The lowest BCUT2D eigenvalue weighted by atomic mass is 9.84. The van der Waals surface area contributed by atoms with Gasteiger partial charge in [0.25, 0.3) is 0 Å². The van der Waals surface area contributed by atoms with Crippen molar-refractivity contribution in [2.75, 3.05) is 13.7 Å². The van der Waals surface area contributed by atoms with Gasteiger partial charge < -0.3 is 15.2 Å². The van der Waals surface area contributed by atoms with Gasteiger partial charge in [0.2, 0.25) is 0 Å². The van der Waals surface area contributed by atoms with E-state index < -0.39 is 6.09 Å². The van der Waals surface area contributed by atoms with E-state index in [1.165, 1.54) is 18.4 Å². The number of rotatable bonds is 5. The zero-order valence-corrected chi connectivity index (χ0v) is 11.8. The molecule has 108 valence electrons. The smallest absolute Gasteiger partial charge is 0.404 e. The Morgan fingerprint density at radius 2 is 2.10 bits per heavy atom. The van der Waals surface area contributed by atoms with Gasteiger partial charge in [0.15, 0.2) is 0 Å². The van der Waals surface area contributed by atoms with E-state index >= 15 is 0 Å². The summed E-state index contributed by atoms with van der Waals surface area (Å²) < 4.78 is 5.17. The van der Waals surface area contributed by atoms with Gasteiger partial charge in [-0.3, -0.25) is 0 Å². The highest BCUT2D eigenvalue weighted by molar-refractivity contribution is 5.64. The van der Waals surface area contributed by atoms with Gasteiger partial charge in [0.05, 0.1) is 7.11 Å². The number of ether oxygens (including phenoxy) is 1. The first-order valence-electron chi connectivity index (χ1n) is 7.00. The average molecular weight is 275 g/mol. The molecule has 1 aliphatic carbocycles.